The van der Waals surface area contributed by atoms with Gasteiger partial charge in [-0.3, -0.25) is 0 Å². The molecule has 0 fully saturated rings. The summed E-state index contributed by atoms with van der Waals surface area (Å²) in [5.41, 5.74) is -0.331. The summed E-state index contributed by atoms with van der Waals surface area (Å²) in [4.78, 5) is 12.6. The van der Waals surface area contributed by atoms with Crippen molar-refractivity contribution in [3.05, 3.63) is 29.3 Å². The molecule has 90 valence electrons. The molecule has 0 unspecified atom stereocenters. The molecule has 17 heavy (non-hydrogen) atoms. The van der Waals surface area contributed by atoms with Crippen LogP contribution in [0.4, 0.5) is 0 Å². The predicted molar refractivity (Wildman–Crippen MR) is 65.0 cm³/mol. The monoisotopic (exact) mass is 251 g/mol. The number of carbonyl (C=O) groups excluding carboxylic acids is 1. The van der Waals surface area contributed by atoms with Gasteiger partial charge in [0, 0.05) is 6.07 Å². The highest BCUT2D eigenvalue weighted by molar-refractivity contribution is 7.13. The van der Waals surface area contributed by atoms with Crippen molar-refractivity contribution < 1.29 is 14.1 Å². The van der Waals surface area contributed by atoms with Crippen LogP contribution in [0.2, 0.25) is 0 Å². The van der Waals surface area contributed by atoms with Gasteiger partial charge in [0.25, 0.3) is 0 Å². The highest BCUT2D eigenvalue weighted by Crippen LogP contribution is 2.25. The summed E-state index contributed by atoms with van der Waals surface area (Å²) in [5.74, 6) is 0.116. The van der Waals surface area contributed by atoms with Gasteiger partial charge in [-0.2, -0.15) is 0 Å². The highest BCUT2D eigenvalue weighted by Gasteiger charge is 2.21. The molecule has 0 aliphatic heterocycles. The van der Waals surface area contributed by atoms with E-state index in [1.54, 1.807) is 6.07 Å². The fraction of sp³-hybridized carbons (Fsp3) is 0.333. The van der Waals surface area contributed by atoms with Crippen LogP contribution >= 0.6 is 11.3 Å². The van der Waals surface area contributed by atoms with E-state index in [0.29, 0.717) is 5.76 Å². The van der Waals surface area contributed by atoms with Crippen molar-refractivity contribution in [2.24, 2.45) is 0 Å². The van der Waals surface area contributed by atoms with Crippen LogP contribution in [-0.4, -0.2) is 16.7 Å². The molecule has 0 bridgehead atoms. The first kappa shape index (κ1) is 11.9. The maximum absolute atomic E-state index is 11.7. The summed E-state index contributed by atoms with van der Waals surface area (Å²) in [6, 6.07) is 5.42. The van der Waals surface area contributed by atoms with Crippen molar-refractivity contribution in [2.45, 2.75) is 26.4 Å². The Morgan fingerprint density at radius 1 is 1.47 bits per heavy atom. The van der Waals surface area contributed by atoms with Gasteiger partial charge in [-0.05, 0) is 32.2 Å². The van der Waals surface area contributed by atoms with Gasteiger partial charge in [0.2, 0.25) is 0 Å². The number of rotatable bonds is 2. The molecular formula is C12H13NO3S. The number of hydrogen-bond acceptors (Lipinski definition) is 5. The summed E-state index contributed by atoms with van der Waals surface area (Å²) in [5, 5.41) is 5.65. The Labute approximate surface area is 103 Å². The van der Waals surface area contributed by atoms with Crippen LogP contribution in [0, 0.1) is 0 Å². The Kier molecular flexibility index (Phi) is 3.02. The molecule has 2 aromatic rings. The predicted octanol–water partition coefficient (Wildman–Crippen LogP) is 3.36. The lowest BCUT2D eigenvalue weighted by atomic mass is 10.2. The minimum atomic E-state index is -0.529. The summed E-state index contributed by atoms with van der Waals surface area (Å²) >= 11 is 1.53. The average molecular weight is 251 g/mol. The smallest absolute Gasteiger partial charge is 0.361 e. The van der Waals surface area contributed by atoms with Crippen molar-refractivity contribution in [3.8, 4) is 10.6 Å². The van der Waals surface area contributed by atoms with Gasteiger partial charge < -0.3 is 9.26 Å². The minimum absolute atomic E-state index is 0.198. The molecule has 0 aromatic carbocycles. The van der Waals surface area contributed by atoms with E-state index in [4.69, 9.17) is 9.26 Å². The summed E-state index contributed by atoms with van der Waals surface area (Å²) < 4.78 is 10.3. The number of thiophene rings is 1. The molecule has 0 amide bonds. The zero-order chi connectivity index (χ0) is 12.5. The van der Waals surface area contributed by atoms with Crippen LogP contribution in [0.3, 0.4) is 0 Å². The third kappa shape index (κ3) is 2.94. The fourth-order valence-electron chi connectivity index (χ4n) is 1.24. The van der Waals surface area contributed by atoms with Gasteiger partial charge in [0.15, 0.2) is 11.5 Å². The lowest BCUT2D eigenvalue weighted by molar-refractivity contribution is 0.00589. The van der Waals surface area contributed by atoms with Crippen LogP contribution in [0.25, 0.3) is 10.6 Å². The zero-order valence-electron chi connectivity index (χ0n) is 9.89. The molecule has 0 atom stereocenters. The van der Waals surface area contributed by atoms with E-state index in [1.807, 2.05) is 38.3 Å². The standard InChI is InChI=1S/C12H13NO3S/c1-12(2,3)15-11(14)8-7-9(16-13-8)10-5-4-6-17-10/h4-7H,1-3H3. The number of carbonyl (C=O) groups is 1. The molecular weight excluding hydrogens is 238 g/mol. The van der Waals surface area contributed by atoms with Crippen molar-refractivity contribution in [1.82, 2.24) is 5.16 Å². The number of nitrogens with zero attached hydrogens (tertiary/aromatic N) is 1. The van der Waals surface area contributed by atoms with Crippen LogP contribution < -0.4 is 0 Å². The third-order valence-electron chi connectivity index (χ3n) is 1.88. The number of esters is 1. The molecule has 0 N–H and O–H groups in total. The maximum Gasteiger partial charge on any atom is 0.361 e. The van der Waals surface area contributed by atoms with Crippen molar-refractivity contribution in [1.29, 1.82) is 0 Å². The van der Waals surface area contributed by atoms with Crippen LogP contribution in [0.1, 0.15) is 31.3 Å². The second-order valence-electron chi connectivity index (χ2n) is 4.56. The second kappa shape index (κ2) is 4.33. The third-order valence-corrected chi connectivity index (χ3v) is 2.77. The lowest BCUT2D eigenvalue weighted by Crippen LogP contribution is -2.24. The van der Waals surface area contributed by atoms with Gasteiger partial charge in [0.1, 0.15) is 5.60 Å². The summed E-state index contributed by atoms with van der Waals surface area (Å²) in [6.45, 7) is 5.43. The molecule has 2 aromatic heterocycles. The summed E-state index contributed by atoms with van der Waals surface area (Å²) in [7, 11) is 0. The van der Waals surface area contributed by atoms with Gasteiger partial charge in [0.05, 0.1) is 4.88 Å². The van der Waals surface area contributed by atoms with Crippen molar-refractivity contribution >= 4 is 17.3 Å². The Morgan fingerprint density at radius 2 is 2.24 bits per heavy atom. The van der Waals surface area contributed by atoms with Crippen LogP contribution in [0.15, 0.2) is 28.1 Å². The highest BCUT2D eigenvalue weighted by atomic mass is 32.1. The first-order valence-corrected chi connectivity index (χ1v) is 6.07. The first-order chi connectivity index (χ1) is 7.96. The quantitative estimate of drug-likeness (QED) is 0.768. The van der Waals surface area contributed by atoms with E-state index in [1.165, 1.54) is 11.3 Å². The number of ether oxygens (including phenoxy) is 1. The Balaban J connectivity index is 2.16. The average Bonchev–Trinajstić information content (AvgIpc) is 2.86. The second-order valence-corrected chi connectivity index (χ2v) is 5.50. The van der Waals surface area contributed by atoms with E-state index >= 15 is 0 Å². The Bertz CT molecular complexity index is 508. The molecule has 4 nitrogen and oxygen atoms in total. The van der Waals surface area contributed by atoms with E-state index in [0.717, 1.165) is 4.88 Å². The topological polar surface area (TPSA) is 52.3 Å². The number of hydrogen-bond donors (Lipinski definition) is 0. The SMILES string of the molecule is CC(C)(C)OC(=O)c1cc(-c2cccs2)on1. The molecule has 0 spiro atoms. The fourth-order valence-corrected chi connectivity index (χ4v) is 1.91. The molecule has 0 aliphatic rings. The molecule has 0 aliphatic carbocycles. The largest absolute Gasteiger partial charge is 0.455 e. The first-order valence-electron chi connectivity index (χ1n) is 5.20. The maximum atomic E-state index is 11.7. The minimum Gasteiger partial charge on any atom is -0.455 e. The van der Waals surface area contributed by atoms with E-state index in [-0.39, 0.29) is 5.69 Å². The van der Waals surface area contributed by atoms with Gasteiger partial charge in [-0.1, -0.05) is 11.2 Å². The van der Waals surface area contributed by atoms with E-state index in [9.17, 15) is 4.79 Å². The lowest BCUT2D eigenvalue weighted by Gasteiger charge is -2.18. The van der Waals surface area contributed by atoms with Gasteiger partial charge in [-0.15, -0.1) is 11.3 Å². The van der Waals surface area contributed by atoms with Crippen LogP contribution in [-0.2, 0) is 4.74 Å². The molecule has 2 rings (SSSR count). The molecule has 0 saturated carbocycles. The Morgan fingerprint density at radius 3 is 2.82 bits per heavy atom. The number of aromatic nitrogens is 1. The zero-order valence-corrected chi connectivity index (χ0v) is 10.7. The van der Waals surface area contributed by atoms with Gasteiger partial charge in [-0.25, -0.2) is 4.79 Å². The van der Waals surface area contributed by atoms with Crippen molar-refractivity contribution in [2.75, 3.05) is 0 Å². The van der Waals surface area contributed by atoms with E-state index in [2.05, 4.69) is 5.16 Å². The summed E-state index contributed by atoms with van der Waals surface area (Å²) in [6.07, 6.45) is 0. The van der Waals surface area contributed by atoms with Crippen LogP contribution in [0.5, 0.6) is 0 Å². The molecule has 2 heterocycles. The van der Waals surface area contributed by atoms with Crippen molar-refractivity contribution in [3.63, 3.8) is 0 Å². The molecule has 0 saturated heterocycles. The molecule has 0 radical (unpaired) electrons. The van der Waals surface area contributed by atoms with E-state index < -0.39 is 11.6 Å². The normalized spacial score (nSPS) is 11.5. The van der Waals surface area contributed by atoms with Gasteiger partial charge >= 0.3 is 5.97 Å². The Hall–Kier alpha value is -1.62. The molecule has 5 heteroatoms.